The van der Waals surface area contributed by atoms with Gasteiger partial charge in [0.15, 0.2) is 15.8 Å². The van der Waals surface area contributed by atoms with Gasteiger partial charge in [0, 0.05) is 25.3 Å². The highest BCUT2D eigenvalue weighted by Crippen LogP contribution is 2.14. The lowest BCUT2D eigenvalue weighted by atomic mass is 10.1. The summed E-state index contributed by atoms with van der Waals surface area (Å²) in [6.45, 7) is 2.46. The van der Waals surface area contributed by atoms with Gasteiger partial charge in [-0.1, -0.05) is 36.4 Å². The Morgan fingerprint density at radius 2 is 1.56 bits per heavy atom. The van der Waals surface area contributed by atoms with E-state index in [1.807, 2.05) is 36.4 Å². The summed E-state index contributed by atoms with van der Waals surface area (Å²) in [5, 5.41) is 3.40. The molecule has 5 nitrogen and oxygen atoms in total. The second-order valence-corrected chi connectivity index (χ2v) is 8.84. The van der Waals surface area contributed by atoms with Gasteiger partial charge in [0.2, 0.25) is 0 Å². The average molecular weight is 386 g/mol. The fourth-order valence-corrected chi connectivity index (χ4v) is 4.48. The predicted molar refractivity (Wildman–Crippen MR) is 111 cm³/mol. The van der Waals surface area contributed by atoms with E-state index in [9.17, 15) is 8.42 Å². The van der Waals surface area contributed by atoms with Crippen LogP contribution in [0.25, 0.3) is 0 Å². The molecule has 1 fully saturated rings. The van der Waals surface area contributed by atoms with Crippen LogP contribution in [0, 0.1) is 0 Å². The second kappa shape index (κ2) is 9.55. The van der Waals surface area contributed by atoms with Crippen LogP contribution in [-0.4, -0.2) is 44.7 Å². The van der Waals surface area contributed by atoms with Gasteiger partial charge in [-0.3, -0.25) is 4.99 Å². The minimum Gasteiger partial charge on any atom is -0.343 e. The Kier molecular flexibility index (Phi) is 6.87. The van der Waals surface area contributed by atoms with Crippen molar-refractivity contribution in [2.24, 2.45) is 4.99 Å². The van der Waals surface area contributed by atoms with Crippen molar-refractivity contribution < 1.29 is 8.42 Å². The molecule has 2 aromatic carbocycles. The van der Waals surface area contributed by atoms with Gasteiger partial charge in [-0.15, -0.1) is 0 Å². The summed E-state index contributed by atoms with van der Waals surface area (Å²) in [5.41, 5.74) is 0.999. The van der Waals surface area contributed by atoms with E-state index in [0.717, 1.165) is 37.6 Å². The van der Waals surface area contributed by atoms with E-state index in [1.54, 1.807) is 24.3 Å². The van der Waals surface area contributed by atoms with E-state index in [-0.39, 0.29) is 5.75 Å². The third-order valence-electron chi connectivity index (χ3n) is 4.62. The van der Waals surface area contributed by atoms with Gasteiger partial charge in [-0.2, -0.15) is 0 Å². The molecule has 144 valence electrons. The molecule has 6 heteroatoms. The minimum absolute atomic E-state index is 0.110. The Hall–Kier alpha value is -2.34. The largest absolute Gasteiger partial charge is 0.343 e. The number of piperidine rings is 1. The zero-order valence-corrected chi connectivity index (χ0v) is 16.4. The van der Waals surface area contributed by atoms with Gasteiger partial charge in [0.1, 0.15) is 0 Å². The number of rotatable bonds is 6. The molecule has 0 atom stereocenters. The molecule has 0 saturated carbocycles. The summed E-state index contributed by atoms with van der Waals surface area (Å²) in [5.74, 6) is 0.956. The van der Waals surface area contributed by atoms with Crippen molar-refractivity contribution >= 4 is 21.5 Å². The SMILES string of the molecule is O=S(=O)(CCCN=C(Nc1ccccc1)N1CCCCC1)c1ccccc1. The molecule has 2 aromatic rings. The molecular weight excluding hydrogens is 358 g/mol. The first kappa shape index (κ1) is 19.4. The van der Waals surface area contributed by atoms with Gasteiger partial charge in [0.25, 0.3) is 0 Å². The molecule has 1 N–H and O–H groups in total. The molecule has 0 radical (unpaired) electrons. The number of sulfone groups is 1. The highest BCUT2D eigenvalue weighted by Gasteiger charge is 2.16. The summed E-state index contributed by atoms with van der Waals surface area (Å²) in [6, 6.07) is 18.6. The van der Waals surface area contributed by atoms with E-state index in [2.05, 4.69) is 10.2 Å². The second-order valence-electron chi connectivity index (χ2n) is 6.73. The standard InChI is InChI=1S/C21H27N3O2S/c25-27(26,20-13-6-2-7-14-20)18-10-15-22-21(24-16-8-3-9-17-24)23-19-11-4-1-5-12-19/h1-2,4-7,11-14H,3,8-10,15-18H2,(H,22,23). The number of nitrogens with one attached hydrogen (secondary N) is 1. The molecule has 0 aromatic heterocycles. The topological polar surface area (TPSA) is 61.8 Å². The van der Waals surface area contributed by atoms with Crippen LogP contribution >= 0.6 is 0 Å². The van der Waals surface area contributed by atoms with Gasteiger partial charge in [-0.05, 0) is 49.9 Å². The molecule has 0 amide bonds. The van der Waals surface area contributed by atoms with Crippen LogP contribution in [0.15, 0.2) is 70.6 Å². The number of anilines is 1. The number of hydrogen-bond acceptors (Lipinski definition) is 3. The summed E-state index contributed by atoms with van der Waals surface area (Å²) in [7, 11) is -3.25. The minimum atomic E-state index is -3.25. The summed E-state index contributed by atoms with van der Waals surface area (Å²) < 4.78 is 24.8. The maximum absolute atomic E-state index is 12.4. The van der Waals surface area contributed by atoms with Crippen LogP contribution in [0.4, 0.5) is 5.69 Å². The Morgan fingerprint density at radius 3 is 2.22 bits per heavy atom. The lowest BCUT2D eigenvalue weighted by Crippen LogP contribution is -2.40. The number of guanidine groups is 1. The van der Waals surface area contributed by atoms with Crippen molar-refractivity contribution in [3.8, 4) is 0 Å². The molecular formula is C21H27N3O2S. The first-order valence-corrected chi connectivity index (χ1v) is 11.2. The van der Waals surface area contributed by atoms with E-state index >= 15 is 0 Å². The molecule has 0 aliphatic carbocycles. The van der Waals surface area contributed by atoms with Crippen molar-refractivity contribution in [3.63, 3.8) is 0 Å². The van der Waals surface area contributed by atoms with E-state index < -0.39 is 9.84 Å². The first-order valence-electron chi connectivity index (χ1n) is 9.54. The molecule has 1 heterocycles. The normalized spacial score (nSPS) is 15.6. The van der Waals surface area contributed by atoms with Crippen molar-refractivity contribution in [2.45, 2.75) is 30.6 Å². The van der Waals surface area contributed by atoms with E-state index in [0.29, 0.717) is 17.9 Å². The highest BCUT2D eigenvalue weighted by molar-refractivity contribution is 7.91. The number of hydrogen-bond donors (Lipinski definition) is 1. The highest BCUT2D eigenvalue weighted by atomic mass is 32.2. The quantitative estimate of drug-likeness (QED) is 0.467. The maximum Gasteiger partial charge on any atom is 0.198 e. The maximum atomic E-state index is 12.4. The number of likely N-dealkylation sites (tertiary alicyclic amines) is 1. The number of benzene rings is 2. The van der Waals surface area contributed by atoms with Crippen LogP contribution in [0.5, 0.6) is 0 Å². The van der Waals surface area contributed by atoms with E-state index in [1.165, 1.54) is 6.42 Å². The molecule has 27 heavy (non-hydrogen) atoms. The monoisotopic (exact) mass is 385 g/mol. The molecule has 1 aliphatic heterocycles. The van der Waals surface area contributed by atoms with Crippen LogP contribution in [0.3, 0.4) is 0 Å². The Bertz CT molecular complexity index is 830. The average Bonchev–Trinajstić information content (AvgIpc) is 2.72. The molecule has 0 bridgehead atoms. The Labute approximate surface area is 162 Å². The van der Waals surface area contributed by atoms with Crippen LogP contribution < -0.4 is 5.32 Å². The van der Waals surface area contributed by atoms with Crippen molar-refractivity contribution in [1.29, 1.82) is 0 Å². The smallest absolute Gasteiger partial charge is 0.198 e. The van der Waals surface area contributed by atoms with Crippen LogP contribution in [0.1, 0.15) is 25.7 Å². The number of para-hydroxylation sites is 1. The van der Waals surface area contributed by atoms with Crippen LogP contribution in [0.2, 0.25) is 0 Å². The molecule has 1 aliphatic rings. The van der Waals surface area contributed by atoms with Gasteiger partial charge in [-0.25, -0.2) is 8.42 Å². The Balaban J connectivity index is 1.62. The van der Waals surface area contributed by atoms with Crippen molar-refractivity contribution in [2.75, 3.05) is 30.7 Å². The molecule has 0 spiro atoms. The van der Waals surface area contributed by atoms with Crippen molar-refractivity contribution in [3.05, 3.63) is 60.7 Å². The summed E-state index contributed by atoms with van der Waals surface area (Å²) in [4.78, 5) is 7.35. The first-order chi connectivity index (χ1) is 13.1. The molecule has 0 unspecified atom stereocenters. The third kappa shape index (κ3) is 5.82. The molecule has 3 rings (SSSR count). The fourth-order valence-electron chi connectivity index (χ4n) is 3.16. The molecule has 1 saturated heterocycles. The lowest BCUT2D eigenvalue weighted by molar-refractivity contribution is 0.340. The lowest BCUT2D eigenvalue weighted by Gasteiger charge is -2.30. The van der Waals surface area contributed by atoms with Crippen LogP contribution in [-0.2, 0) is 9.84 Å². The number of nitrogens with zero attached hydrogens (tertiary/aromatic N) is 2. The van der Waals surface area contributed by atoms with Crippen molar-refractivity contribution in [1.82, 2.24) is 4.90 Å². The van der Waals surface area contributed by atoms with Gasteiger partial charge < -0.3 is 10.2 Å². The zero-order chi connectivity index (χ0) is 19.0. The third-order valence-corrected chi connectivity index (χ3v) is 6.44. The van der Waals surface area contributed by atoms with Gasteiger partial charge in [0.05, 0.1) is 10.6 Å². The Morgan fingerprint density at radius 1 is 0.926 bits per heavy atom. The van der Waals surface area contributed by atoms with E-state index in [4.69, 9.17) is 4.99 Å². The zero-order valence-electron chi connectivity index (χ0n) is 15.5. The summed E-state index contributed by atoms with van der Waals surface area (Å²) in [6.07, 6.45) is 4.09. The number of aliphatic imine (C=N–C) groups is 1. The predicted octanol–water partition coefficient (Wildman–Crippen LogP) is 3.80. The summed E-state index contributed by atoms with van der Waals surface area (Å²) >= 11 is 0. The fraction of sp³-hybridized carbons (Fsp3) is 0.381. The van der Waals surface area contributed by atoms with Gasteiger partial charge >= 0.3 is 0 Å².